The zero-order valence-corrected chi connectivity index (χ0v) is 67.8. The summed E-state index contributed by atoms with van der Waals surface area (Å²) in [4.78, 5) is 0. The average molecular weight is 1480 g/mol. The molecule has 0 aliphatic rings. The summed E-state index contributed by atoms with van der Waals surface area (Å²) in [6.45, 7) is 25.9. The molecule has 0 fully saturated rings. The number of aromatic nitrogens is 5. The molecule has 0 N–H and O–H groups in total. The molecule has 0 saturated heterocycles. The summed E-state index contributed by atoms with van der Waals surface area (Å²) < 4.78 is 42.0. The Morgan fingerprint density at radius 2 is 0.566 bits per heavy atom. The van der Waals surface area contributed by atoms with Crippen molar-refractivity contribution in [3.63, 3.8) is 0 Å². The number of nitrogens with zero attached hydrogens (tertiary/aromatic N) is 5. The fourth-order valence-corrected chi connectivity index (χ4v) is 16.5. The van der Waals surface area contributed by atoms with Crippen LogP contribution in [-0.4, -0.2) is 0 Å². The maximum atomic E-state index is 6.27. The van der Waals surface area contributed by atoms with Crippen molar-refractivity contribution in [2.45, 2.75) is 89.0 Å². The number of furan rings is 5. The van der Waals surface area contributed by atoms with Crippen molar-refractivity contribution in [1.82, 2.24) is 0 Å². The van der Waals surface area contributed by atoms with Gasteiger partial charge in [-0.2, -0.15) is 0 Å². The number of rotatable bonds is 6. The second-order valence-corrected chi connectivity index (χ2v) is 31.0. The maximum absolute atomic E-state index is 6.27. The number of fused-ring (bicyclic) bond motifs is 15. The van der Waals surface area contributed by atoms with Gasteiger partial charge in [0.15, 0.2) is 31.0 Å². The molecule has 10 aromatic carbocycles. The largest absolute Gasteiger partial charge is 0.455 e. The third kappa shape index (κ3) is 13.8. The normalized spacial score (nSPS) is 11.5. The van der Waals surface area contributed by atoms with Crippen LogP contribution in [0.15, 0.2) is 290 Å². The predicted octanol–water partition coefficient (Wildman–Crippen LogP) is 24.6. The van der Waals surface area contributed by atoms with Gasteiger partial charge in [-0.15, -0.1) is 0 Å². The molecule has 0 spiro atoms. The van der Waals surface area contributed by atoms with E-state index in [0.29, 0.717) is 5.92 Å². The van der Waals surface area contributed by atoms with Gasteiger partial charge >= 0.3 is 0 Å². The minimum Gasteiger partial charge on any atom is -0.455 e. The van der Waals surface area contributed by atoms with E-state index >= 15 is 0 Å². The van der Waals surface area contributed by atoms with E-state index in [1.165, 1.54) is 171 Å². The quantitative estimate of drug-likeness (QED) is 0.155. The molecule has 0 atom stereocenters. The minimum atomic E-state index is 0.500. The number of hydrogen-bond donors (Lipinski definition) is 0. The van der Waals surface area contributed by atoms with Gasteiger partial charge in [0.2, 0.25) is 28.5 Å². The monoisotopic (exact) mass is 1480 g/mol. The number of pyridine rings is 5. The first kappa shape index (κ1) is 74.1. The van der Waals surface area contributed by atoms with Gasteiger partial charge in [0.1, 0.15) is 91.1 Å². The second-order valence-electron chi connectivity index (χ2n) is 31.0. The zero-order chi connectivity index (χ0) is 78.8. The van der Waals surface area contributed by atoms with Gasteiger partial charge in [0, 0.05) is 113 Å². The number of benzene rings is 10. The number of hydrogen-bond acceptors (Lipinski definition) is 5. The standard InChI is InChI=1S/C22H22NO.2C21H20NO.C20H18NO.C19H16NO/c1-14(2)16-11-12-23(4)19(13-16)21-15(3)9-10-18-17-7-5-6-8-20(17)24-22(18)21;1-13-9-10-17-16-7-5-6-8-19(16)23-21(17)20(13)18-11-14(2)15(3)12-22(18)4;1-13-9-10-17(22(4)12-13)20-15(3)11-14(2)19-16-7-5-6-8-18(16)23-21(19)20;1-13-8-11-17(21(3)12-13)19-14(2)9-10-16-15-6-4-5-7-18(15)22-20(16)19;1-13-10-11-15-14-7-3-4-9-17(14)21-19(15)18(13)16-8-5-6-12-20(16)2/h5-14H,1-4H3;2*5-12H,1-4H3;4-12H,1-3H3;3-12H,1-2H3/q5*+1. The van der Waals surface area contributed by atoms with Gasteiger partial charge in [0.25, 0.3) is 0 Å². The summed E-state index contributed by atoms with van der Waals surface area (Å²) in [5, 5.41) is 11.8. The van der Waals surface area contributed by atoms with Crippen LogP contribution in [0.3, 0.4) is 0 Å². The van der Waals surface area contributed by atoms with Crippen LogP contribution in [0.5, 0.6) is 0 Å². The highest BCUT2D eigenvalue weighted by Gasteiger charge is 2.27. The third-order valence-electron chi connectivity index (χ3n) is 22.5. The van der Waals surface area contributed by atoms with Gasteiger partial charge in [0.05, 0.1) is 27.8 Å². The summed E-state index contributed by atoms with van der Waals surface area (Å²) >= 11 is 0. The Morgan fingerprint density at radius 3 is 0.973 bits per heavy atom. The van der Waals surface area contributed by atoms with Crippen molar-refractivity contribution in [3.8, 4) is 56.3 Å². The Bertz CT molecular complexity index is 7120. The van der Waals surface area contributed by atoms with Gasteiger partial charge in [-0.3, -0.25) is 0 Å². The molecule has 10 aromatic heterocycles. The summed E-state index contributed by atoms with van der Waals surface area (Å²) in [7, 11) is 10.4. The summed E-state index contributed by atoms with van der Waals surface area (Å²) in [6.07, 6.45) is 10.7. The summed E-state index contributed by atoms with van der Waals surface area (Å²) in [5.41, 5.74) is 35.3. The molecule has 20 aromatic rings. The topological polar surface area (TPSA) is 85.1 Å². The molecule has 0 aliphatic heterocycles. The third-order valence-corrected chi connectivity index (χ3v) is 22.5. The lowest BCUT2D eigenvalue weighted by Gasteiger charge is -2.09. The Labute approximate surface area is 659 Å². The molecule has 0 amide bonds. The first-order valence-corrected chi connectivity index (χ1v) is 39.0. The molecule has 113 heavy (non-hydrogen) atoms. The highest BCUT2D eigenvalue weighted by Crippen LogP contribution is 2.43. The predicted molar refractivity (Wildman–Crippen MR) is 463 cm³/mol. The van der Waals surface area contributed by atoms with Crippen molar-refractivity contribution >= 4 is 110 Å². The molecular weight excluding hydrogens is 1390 g/mol. The lowest BCUT2D eigenvalue weighted by atomic mass is 9.97. The van der Waals surface area contributed by atoms with Crippen LogP contribution >= 0.6 is 0 Å². The van der Waals surface area contributed by atoms with Gasteiger partial charge in [-0.05, 0) is 168 Å². The van der Waals surface area contributed by atoms with Crippen LogP contribution in [-0.2, 0) is 35.2 Å². The SMILES string of the molecule is Cc1cc(-c2c(C)ccc3c2oc2ccccc23)[n+](C)cc1C.Cc1ccc(-c2c(C)cc(C)c3c2oc2ccccc23)[n+](C)c1.Cc1ccc(-c2c(C)ccc3c2oc2ccccc23)[n+](C)c1.Cc1ccc2c(oc3ccccc32)c1-c1cc(C(C)C)cc[n+]1C.Cc1ccc2c(oc3ccccc32)c1-c1cccc[n+]1C. The molecule has 0 unspecified atom stereocenters. The molecule has 20 rings (SSSR count). The average Bonchev–Trinajstić information content (AvgIpc) is 1.62. The molecule has 10 heteroatoms. The smallest absolute Gasteiger partial charge is 0.216 e. The van der Waals surface area contributed by atoms with E-state index in [4.69, 9.17) is 22.1 Å². The first-order chi connectivity index (χ1) is 54.6. The first-order valence-electron chi connectivity index (χ1n) is 39.0. The highest BCUT2D eigenvalue weighted by atomic mass is 16.3. The summed E-state index contributed by atoms with van der Waals surface area (Å²) in [6, 6.07) is 82.5. The van der Waals surface area contributed by atoms with E-state index in [-0.39, 0.29) is 0 Å². The van der Waals surface area contributed by atoms with Gasteiger partial charge < -0.3 is 22.1 Å². The van der Waals surface area contributed by atoms with E-state index < -0.39 is 0 Å². The van der Waals surface area contributed by atoms with Crippen LogP contribution in [0.1, 0.15) is 81.0 Å². The van der Waals surface area contributed by atoms with E-state index in [0.717, 1.165) is 55.8 Å². The molecule has 0 bridgehead atoms. The Hall–Kier alpha value is -13.1. The van der Waals surface area contributed by atoms with Gasteiger partial charge in [-0.1, -0.05) is 159 Å². The van der Waals surface area contributed by atoms with Crippen LogP contribution in [0.2, 0.25) is 0 Å². The number of para-hydroxylation sites is 5. The molecule has 558 valence electrons. The van der Waals surface area contributed by atoms with Crippen LogP contribution in [0.4, 0.5) is 0 Å². The zero-order valence-electron chi connectivity index (χ0n) is 67.8. The molecule has 10 nitrogen and oxygen atoms in total. The van der Waals surface area contributed by atoms with Crippen molar-refractivity contribution < 1.29 is 44.9 Å². The molecule has 0 radical (unpaired) electrons. The van der Waals surface area contributed by atoms with E-state index in [9.17, 15) is 0 Å². The van der Waals surface area contributed by atoms with E-state index in [1.54, 1.807) is 0 Å². The fraction of sp³-hybridized carbons (Fsp3) is 0.175. The Morgan fingerprint density at radius 1 is 0.230 bits per heavy atom. The molecule has 10 heterocycles. The van der Waals surface area contributed by atoms with Crippen molar-refractivity contribution in [1.29, 1.82) is 0 Å². The van der Waals surface area contributed by atoms with Crippen LogP contribution in [0, 0.1) is 69.2 Å². The van der Waals surface area contributed by atoms with E-state index in [2.05, 4.69) is 342 Å². The van der Waals surface area contributed by atoms with Crippen LogP contribution in [0.25, 0.3) is 166 Å². The van der Waals surface area contributed by atoms with E-state index in [1.807, 2.05) is 66.7 Å². The molecular formula is C103H96N5O5+5. The molecule has 0 saturated carbocycles. The molecule has 0 aliphatic carbocycles. The fourth-order valence-electron chi connectivity index (χ4n) is 16.5. The second kappa shape index (κ2) is 30.3. The summed E-state index contributed by atoms with van der Waals surface area (Å²) in [5.74, 6) is 0.500. The maximum Gasteiger partial charge on any atom is 0.216 e. The Balaban J connectivity index is 0.000000107. The van der Waals surface area contributed by atoms with Crippen molar-refractivity contribution in [2.24, 2.45) is 35.2 Å². The lowest BCUT2D eigenvalue weighted by molar-refractivity contribution is -0.660. The van der Waals surface area contributed by atoms with Crippen molar-refractivity contribution in [2.75, 3.05) is 0 Å². The van der Waals surface area contributed by atoms with Crippen LogP contribution < -0.4 is 22.8 Å². The Kier molecular flexibility index (Phi) is 19.9. The van der Waals surface area contributed by atoms with Crippen molar-refractivity contribution in [3.05, 3.63) is 329 Å². The highest BCUT2D eigenvalue weighted by molar-refractivity contribution is 6.14. The van der Waals surface area contributed by atoms with Gasteiger partial charge in [-0.25, -0.2) is 22.8 Å². The minimum absolute atomic E-state index is 0.500. The lowest BCUT2D eigenvalue weighted by Crippen LogP contribution is -2.31. The number of aryl methyl sites for hydroxylation is 15.